The van der Waals surface area contributed by atoms with Gasteiger partial charge >= 0.3 is 5.97 Å². The molecule has 19 heavy (non-hydrogen) atoms. The Hall–Kier alpha value is -1.84. The lowest BCUT2D eigenvalue weighted by atomic mass is 9.83. The molecular formula is C15H19NO3. The van der Waals surface area contributed by atoms with Crippen LogP contribution in [0.3, 0.4) is 0 Å². The Morgan fingerprint density at radius 1 is 1.21 bits per heavy atom. The zero-order chi connectivity index (χ0) is 14.2. The average molecular weight is 261 g/mol. The van der Waals surface area contributed by atoms with E-state index in [4.69, 9.17) is 5.11 Å². The standard InChI is InChI=1S/C15H19NO3/c1-15(2,3)12-7-5-4-6-11(12)13(17)16-8-10(9-16)14(18)19/h4-7,10H,8-9H2,1-3H3,(H,18,19). The summed E-state index contributed by atoms with van der Waals surface area (Å²) < 4.78 is 0. The van der Waals surface area contributed by atoms with Crippen LogP contribution in [0.2, 0.25) is 0 Å². The molecule has 1 saturated heterocycles. The molecule has 1 aliphatic rings. The van der Waals surface area contributed by atoms with Crippen molar-refractivity contribution in [3.05, 3.63) is 35.4 Å². The molecule has 102 valence electrons. The first-order valence-electron chi connectivity index (χ1n) is 6.42. The van der Waals surface area contributed by atoms with E-state index in [2.05, 4.69) is 20.8 Å². The predicted octanol–water partition coefficient (Wildman–Crippen LogP) is 2.14. The highest BCUT2D eigenvalue weighted by Gasteiger charge is 2.37. The largest absolute Gasteiger partial charge is 0.481 e. The van der Waals surface area contributed by atoms with Gasteiger partial charge in [0.05, 0.1) is 5.92 Å². The maximum atomic E-state index is 12.4. The Morgan fingerprint density at radius 2 is 1.79 bits per heavy atom. The van der Waals surface area contributed by atoms with Crippen molar-refractivity contribution < 1.29 is 14.7 Å². The maximum absolute atomic E-state index is 12.4. The van der Waals surface area contributed by atoms with Gasteiger partial charge in [0.25, 0.3) is 5.91 Å². The number of rotatable bonds is 2. The average Bonchev–Trinajstić information content (AvgIpc) is 2.25. The molecule has 2 rings (SSSR count). The first kappa shape index (κ1) is 13.6. The molecule has 1 aromatic carbocycles. The number of carboxylic acids is 1. The zero-order valence-electron chi connectivity index (χ0n) is 11.5. The van der Waals surface area contributed by atoms with Gasteiger partial charge in [0.1, 0.15) is 0 Å². The van der Waals surface area contributed by atoms with Gasteiger partial charge in [-0.25, -0.2) is 0 Å². The van der Waals surface area contributed by atoms with Crippen molar-refractivity contribution in [1.82, 2.24) is 4.90 Å². The predicted molar refractivity (Wildman–Crippen MR) is 72.2 cm³/mol. The molecule has 1 aliphatic heterocycles. The number of carboxylic acid groups (broad SMARTS) is 1. The molecule has 4 nitrogen and oxygen atoms in total. The summed E-state index contributed by atoms with van der Waals surface area (Å²) in [4.78, 5) is 24.8. The van der Waals surface area contributed by atoms with E-state index < -0.39 is 11.9 Å². The normalized spacial score (nSPS) is 16.1. The van der Waals surface area contributed by atoms with Gasteiger partial charge in [0, 0.05) is 18.7 Å². The number of carbonyl (C=O) groups is 2. The van der Waals surface area contributed by atoms with Gasteiger partial charge in [0.15, 0.2) is 0 Å². The number of amides is 1. The van der Waals surface area contributed by atoms with Crippen molar-refractivity contribution in [1.29, 1.82) is 0 Å². The van der Waals surface area contributed by atoms with Crippen LogP contribution in [-0.4, -0.2) is 35.0 Å². The van der Waals surface area contributed by atoms with Gasteiger partial charge in [-0.05, 0) is 17.0 Å². The molecule has 1 amide bonds. The summed E-state index contributed by atoms with van der Waals surface area (Å²) >= 11 is 0. The van der Waals surface area contributed by atoms with E-state index in [0.29, 0.717) is 18.7 Å². The zero-order valence-corrected chi connectivity index (χ0v) is 11.5. The van der Waals surface area contributed by atoms with Crippen molar-refractivity contribution in [3.8, 4) is 0 Å². The molecule has 0 aliphatic carbocycles. The van der Waals surface area contributed by atoms with Gasteiger partial charge in [-0.15, -0.1) is 0 Å². The highest BCUT2D eigenvalue weighted by molar-refractivity contribution is 5.97. The Bertz CT molecular complexity index is 510. The number of hydrogen-bond acceptors (Lipinski definition) is 2. The summed E-state index contributed by atoms with van der Waals surface area (Å²) in [6.07, 6.45) is 0. The minimum atomic E-state index is -0.826. The summed E-state index contributed by atoms with van der Waals surface area (Å²) in [6, 6.07) is 7.54. The molecule has 0 saturated carbocycles. The third kappa shape index (κ3) is 2.62. The van der Waals surface area contributed by atoms with Crippen LogP contribution in [0.1, 0.15) is 36.7 Å². The third-order valence-electron chi connectivity index (χ3n) is 3.48. The lowest BCUT2D eigenvalue weighted by molar-refractivity contribution is -0.146. The monoisotopic (exact) mass is 261 g/mol. The fraction of sp³-hybridized carbons (Fsp3) is 0.467. The first-order valence-corrected chi connectivity index (χ1v) is 6.42. The SMILES string of the molecule is CC(C)(C)c1ccccc1C(=O)N1CC(C(=O)O)C1. The summed E-state index contributed by atoms with van der Waals surface area (Å²) in [5, 5.41) is 8.85. The second kappa shape index (κ2) is 4.68. The lowest BCUT2D eigenvalue weighted by Crippen LogP contribution is -2.53. The molecule has 1 aromatic rings. The van der Waals surface area contributed by atoms with Crippen molar-refractivity contribution in [3.63, 3.8) is 0 Å². The van der Waals surface area contributed by atoms with Crippen LogP contribution in [0.25, 0.3) is 0 Å². The second-order valence-corrected chi connectivity index (χ2v) is 6.04. The quantitative estimate of drug-likeness (QED) is 0.887. The van der Waals surface area contributed by atoms with Crippen molar-refractivity contribution in [2.45, 2.75) is 26.2 Å². The topological polar surface area (TPSA) is 57.6 Å². The molecule has 0 aromatic heterocycles. The van der Waals surface area contributed by atoms with E-state index in [9.17, 15) is 9.59 Å². The summed E-state index contributed by atoms with van der Waals surface area (Å²) in [6.45, 7) is 6.82. The molecule has 0 bridgehead atoms. The van der Waals surface area contributed by atoms with Crippen LogP contribution < -0.4 is 0 Å². The van der Waals surface area contributed by atoms with E-state index in [-0.39, 0.29) is 11.3 Å². The van der Waals surface area contributed by atoms with Crippen LogP contribution in [-0.2, 0) is 10.2 Å². The molecular weight excluding hydrogens is 242 g/mol. The Labute approximate surface area is 113 Å². The summed E-state index contributed by atoms with van der Waals surface area (Å²) in [5.41, 5.74) is 1.57. The van der Waals surface area contributed by atoms with Crippen molar-refractivity contribution >= 4 is 11.9 Å². The van der Waals surface area contributed by atoms with Gasteiger partial charge in [-0.1, -0.05) is 39.0 Å². The molecule has 0 atom stereocenters. The van der Waals surface area contributed by atoms with Crippen LogP contribution in [0.5, 0.6) is 0 Å². The van der Waals surface area contributed by atoms with E-state index >= 15 is 0 Å². The first-order chi connectivity index (χ1) is 8.80. The molecule has 1 heterocycles. The van der Waals surface area contributed by atoms with Gasteiger partial charge in [-0.2, -0.15) is 0 Å². The lowest BCUT2D eigenvalue weighted by Gasteiger charge is -2.37. The summed E-state index contributed by atoms with van der Waals surface area (Å²) in [5.74, 6) is -1.30. The smallest absolute Gasteiger partial charge is 0.310 e. The fourth-order valence-electron chi connectivity index (χ4n) is 2.29. The Morgan fingerprint density at radius 3 is 2.32 bits per heavy atom. The van der Waals surface area contributed by atoms with Crippen molar-refractivity contribution in [2.75, 3.05) is 13.1 Å². The fourth-order valence-corrected chi connectivity index (χ4v) is 2.29. The maximum Gasteiger partial charge on any atom is 0.310 e. The van der Waals surface area contributed by atoms with E-state index in [1.807, 2.05) is 24.3 Å². The van der Waals surface area contributed by atoms with Crippen LogP contribution >= 0.6 is 0 Å². The molecule has 0 spiro atoms. The highest BCUT2D eigenvalue weighted by Crippen LogP contribution is 2.28. The number of likely N-dealkylation sites (tertiary alicyclic amines) is 1. The minimum absolute atomic E-state index is 0.0666. The highest BCUT2D eigenvalue weighted by atomic mass is 16.4. The van der Waals surface area contributed by atoms with Gasteiger partial charge in [-0.3, -0.25) is 9.59 Å². The number of carbonyl (C=O) groups excluding carboxylic acids is 1. The van der Waals surface area contributed by atoms with E-state index in [1.54, 1.807) is 4.90 Å². The number of nitrogens with zero attached hydrogens (tertiary/aromatic N) is 1. The molecule has 4 heteroatoms. The van der Waals surface area contributed by atoms with E-state index in [1.165, 1.54) is 0 Å². The van der Waals surface area contributed by atoms with Crippen LogP contribution in [0.4, 0.5) is 0 Å². The molecule has 1 fully saturated rings. The van der Waals surface area contributed by atoms with Gasteiger partial charge < -0.3 is 10.0 Å². The number of hydrogen-bond donors (Lipinski definition) is 1. The number of benzene rings is 1. The molecule has 1 N–H and O–H groups in total. The van der Waals surface area contributed by atoms with Gasteiger partial charge in [0.2, 0.25) is 0 Å². The van der Waals surface area contributed by atoms with E-state index in [0.717, 1.165) is 5.56 Å². The van der Waals surface area contributed by atoms with Crippen LogP contribution in [0.15, 0.2) is 24.3 Å². The van der Waals surface area contributed by atoms with Crippen LogP contribution in [0, 0.1) is 5.92 Å². The van der Waals surface area contributed by atoms with Crippen molar-refractivity contribution in [2.24, 2.45) is 5.92 Å². The number of aliphatic carboxylic acids is 1. The molecule has 0 radical (unpaired) electrons. The second-order valence-electron chi connectivity index (χ2n) is 6.04. The Kier molecular flexibility index (Phi) is 3.35. The minimum Gasteiger partial charge on any atom is -0.481 e. The summed E-state index contributed by atoms with van der Waals surface area (Å²) in [7, 11) is 0. The third-order valence-corrected chi connectivity index (χ3v) is 3.48. The Balaban J connectivity index is 2.20. The molecule has 0 unspecified atom stereocenters.